The van der Waals surface area contributed by atoms with Crippen molar-refractivity contribution in [1.29, 1.82) is 0 Å². The summed E-state index contributed by atoms with van der Waals surface area (Å²) in [5, 5.41) is 26.3. The Balaban J connectivity index is 2.87. The van der Waals surface area contributed by atoms with Crippen LogP contribution in [0.3, 0.4) is 0 Å². The Bertz CT molecular complexity index is 254. The summed E-state index contributed by atoms with van der Waals surface area (Å²) >= 11 is 0. The molecule has 14 heavy (non-hydrogen) atoms. The van der Waals surface area contributed by atoms with Crippen LogP contribution in [0.25, 0.3) is 0 Å². The normalized spacial score (nSPS) is 20.6. The second kappa shape index (κ2) is 2.83. The molecule has 1 aliphatic carbocycles. The van der Waals surface area contributed by atoms with E-state index in [1.54, 1.807) is 0 Å². The van der Waals surface area contributed by atoms with Gasteiger partial charge in [0, 0.05) is 0 Å². The molecular weight excluding hydrogens is 205 g/mol. The lowest BCUT2D eigenvalue weighted by Gasteiger charge is -2.31. The van der Waals surface area contributed by atoms with E-state index in [4.69, 9.17) is 15.3 Å². The number of carboxylic acids is 1. The fourth-order valence-electron chi connectivity index (χ4n) is 1.42. The van der Waals surface area contributed by atoms with Gasteiger partial charge in [0.25, 0.3) is 0 Å². The van der Waals surface area contributed by atoms with Crippen molar-refractivity contribution in [2.24, 2.45) is 5.41 Å². The number of hydrogen-bond donors (Lipinski definition) is 3. The summed E-state index contributed by atoms with van der Waals surface area (Å²) in [6.45, 7) is 0. The van der Waals surface area contributed by atoms with Gasteiger partial charge in [0.2, 0.25) is 0 Å². The summed E-state index contributed by atoms with van der Waals surface area (Å²) in [5.74, 6) is -4.89. The first-order valence-corrected chi connectivity index (χ1v) is 3.86. The highest BCUT2D eigenvalue weighted by Crippen LogP contribution is 2.63. The van der Waals surface area contributed by atoms with Gasteiger partial charge in [-0.2, -0.15) is 13.2 Å². The summed E-state index contributed by atoms with van der Waals surface area (Å²) in [5.41, 5.74) is -2.65. The number of alkyl halides is 3. The number of rotatable bonds is 3. The molecule has 0 spiro atoms. The first kappa shape index (κ1) is 11.3. The van der Waals surface area contributed by atoms with Crippen LogP contribution in [-0.4, -0.2) is 33.3 Å². The van der Waals surface area contributed by atoms with Gasteiger partial charge in [0.15, 0.2) is 5.79 Å². The van der Waals surface area contributed by atoms with E-state index in [1.165, 1.54) is 0 Å². The first-order chi connectivity index (χ1) is 6.12. The summed E-state index contributed by atoms with van der Waals surface area (Å²) < 4.78 is 37.0. The topological polar surface area (TPSA) is 77.8 Å². The molecule has 0 atom stereocenters. The monoisotopic (exact) mass is 214 g/mol. The Kier molecular flexibility index (Phi) is 2.28. The fraction of sp³-hybridized carbons (Fsp3) is 0.857. The number of aliphatic carboxylic acids is 1. The zero-order valence-corrected chi connectivity index (χ0v) is 7.01. The van der Waals surface area contributed by atoms with Crippen LogP contribution in [0.15, 0.2) is 0 Å². The predicted molar refractivity (Wildman–Crippen MR) is 37.1 cm³/mol. The lowest BCUT2D eigenvalue weighted by Crippen LogP contribution is -2.49. The highest BCUT2D eigenvalue weighted by molar-refractivity contribution is 5.68. The molecule has 0 aromatic rings. The number of aliphatic hydroxyl groups is 2. The van der Waals surface area contributed by atoms with Crippen LogP contribution < -0.4 is 0 Å². The summed E-state index contributed by atoms with van der Waals surface area (Å²) in [6, 6.07) is 0. The van der Waals surface area contributed by atoms with Crippen LogP contribution in [0.2, 0.25) is 0 Å². The van der Waals surface area contributed by atoms with E-state index in [2.05, 4.69) is 0 Å². The molecule has 1 aliphatic rings. The van der Waals surface area contributed by atoms with E-state index in [0.29, 0.717) is 0 Å². The molecule has 0 unspecified atom stereocenters. The lowest BCUT2D eigenvalue weighted by molar-refractivity contribution is -0.309. The van der Waals surface area contributed by atoms with Gasteiger partial charge in [0.05, 0.1) is 6.42 Å². The standard InChI is InChI=1S/C7H9F3O4/c8-7(9,10)5(1-2-5)6(13,14)3-4(11)12/h13-14H,1-3H2,(H,11,12). The average molecular weight is 214 g/mol. The van der Waals surface area contributed by atoms with Gasteiger partial charge in [-0.3, -0.25) is 4.79 Å². The van der Waals surface area contributed by atoms with Crippen LogP contribution in [0.1, 0.15) is 19.3 Å². The maximum Gasteiger partial charge on any atom is 0.399 e. The van der Waals surface area contributed by atoms with Gasteiger partial charge in [-0.15, -0.1) is 0 Å². The molecule has 0 aromatic heterocycles. The molecule has 3 N–H and O–H groups in total. The molecular formula is C7H9F3O4. The van der Waals surface area contributed by atoms with Gasteiger partial charge < -0.3 is 15.3 Å². The molecule has 0 saturated heterocycles. The second-order valence-corrected chi connectivity index (χ2v) is 3.47. The Morgan fingerprint density at radius 2 is 1.71 bits per heavy atom. The van der Waals surface area contributed by atoms with E-state index in [1.807, 2.05) is 0 Å². The SMILES string of the molecule is O=C(O)CC(O)(O)C1(C(F)(F)F)CC1. The maximum atomic E-state index is 12.3. The molecule has 0 aliphatic heterocycles. The van der Waals surface area contributed by atoms with Gasteiger partial charge in [-0.05, 0) is 12.8 Å². The van der Waals surface area contributed by atoms with E-state index in [0.717, 1.165) is 0 Å². The van der Waals surface area contributed by atoms with Gasteiger partial charge >= 0.3 is 12.1 Å². The highest BCUT2D eigenvalue weighted by Gasteiger charge is 2.74. The molecule has 1 fully saturated rings. The second-order valence-electron chi connectivity index (χ2n) is 3.47. The van der Waals surface area contributed by atoms with Gasteiger partial charge in [-0.25, -0.2) is 0 Å². The molecule has 0 aromatic carbocycles. The van der Waals surface area contributed by atoms with Crippen molar-refractivity contribution >= 4 is 5.97 Å². The minimum absolute atomic E-state index is 0.448. The lowest BCUT2D eigenvalue weighted by atomic mass is 9.91. The molecule has 0 amide bonds. The van der Waals surface area contributed by atoms with E-state index in [-0.39, 0.29) is 0 Å². The Morgan fingerprint density at radius 3 is 1.93 bits per heavy atom. The number of carbonyl (C=O) groups is 1. The minimum atomic E-state index is -4.79. The quantitative estimate of drug-likeness (QED) is 0.597. The Hall–Kier alpha value is -0.820. The van der Waals surface area contributed by atoms with Crippen molar-refractivity contribution in [3.63, 3.8) is 0 Å². The zero-order chi connectivity index (χ0) is 11.2. The molecule has 0 radical (unpaired) electrons. The first-order valence-electron chi connectivity index (χ1n) is 3.86. The van der Waals surface area contributed by atoms with E-state index >= 15 is 0 Å². The summed E-state index contributed by atoms with van der Waals surface area (Å²) in [7, 11) is 0. The van der Waals surface area contributed by atoms with Crippen molar-refractivity contribution < 1.29 is 33.3 Å². The smallest absolute Gasteiger partial charge is 0.399 e. The van der Waals surface area contributed by atoms with Crippen molar-refractivity contribution in [3.05, 3.63) is 0 Å². The van der Waals surface area contributed by atoms with Crippen molar-refractivity contribution in [3.8, 4) is 0 Å². The Morgan fingerprint density at radius 1 is 1.29 bits per heavy atom. The number of hydrogen-bond acceptors (Lipinski definition) is 3. The number of carboxylic acid groups (broad SMARTS) is 1. The summed E-state index contributed by atoms with van der Waals surface area (Å²) in [6.07, 6.45) is -7.01. The zero-order valence-electron chi connectivity index (χ0n) is 7.01. The van der Waals surface area contributed by atoms with Gasteiger partial charge in [0.1, 0.15) is 5.41 Å². The third-order valence-corrected chi connectivity index (χ3v) is 2.46. The summed E-state index contributed by atoms with van der Waals surface area (Å²) in [4.78, 5) is 10.1. The van der Waals surface area contributed by atoms with Crippen LogP contribution in [0.4, 0.5) is 13.2 Å². The molecule has 1 rings (SSSR count). The van der Waals surface area contributed by atoms with Crippen molar-refractivity contribution in [2.75, 3.05) is 0 Å². The molecule has 0 bridgehead atoms. The third kappa shape index (κ3) is 1.57. The molecule has 0 heterocycles. The van der Waals surface area contributed by atoms with E-state index < -0.39 is 42.6 Å². The van der Waals surface area contributed by atoms with Crippen molar-refractivity contribution in [1.82, 2.24) is 0 Å². The maximum absolute atomic E-state index is 12.3. The van der Waals surface area contributed by atoms with Crippen LogP contribution in [0.5, 0.6) is 0 Å². The Labute approximate surface area is 77.0 Å². The number of halogens is 3. The van der Waals surface area contributed by atoms with E-state index in [9.17, 15) is 18.0 Å². The molecule has 1 saturated carbocycles. The molecule has 4 nitrogen and oxygen atoms in total. The van der Waals surface area contributed by atoms with Gasteiger partial charge in [-0.1, -0.05) is 0 Å². The van der Waals surface area contributed by atoms with Crippen LogP contribution in [0, 0.1) is 5.41 Å². The predicted octanol–water partition coefficient (Wildman–Crippen LogP) is 0.485. The van der Waals surface area contributed by atoms with Crippen molar-refractivity contribution in [2.45, 2.75) is 31.2 Å². The third-order valence-electron chi connectivity index (χ3n) is 2.46. The molecule has 82 valence electrons. The van der Waals surface area contributed by atoms with Crippen LogP contribution >= 0.6 is 0 Å². The fourth-order valence-corrected chi connectivity index (χ4v) is 1.42. The minimum Gasteiger partial charge on any atom is -0.481 e. The average Bonchev–Trinajstić information content (AvgIpc) is 2.56. The molecule has 7 heteroatoms. The largest absolute Gasteiger partial charge is 0.481 e. The highest BCUT2D eigenvalue weighted by atomic mass is 19.4. The van der Waals surface area contributed by atoms with Crippen LogP contribution in [-0.2, 0) is 4.79 Å².